The fourth-order valence-corrected chi connectivity index (χ4v) is 1.05. The number of rotatable bonds is 4. The van der Waals surface area contributed by atoms with E-state index in [2.05, 4.69) is 13.8 Å². The van der Waals surface area contributed by atoms with E-state index in [0.717, 1.165) is 6.42 Å². The quantitative estimate of drug-likeness (QED) is 0.673. The zero-order valence-corrected chi connectivity index (χ0v) is 7.92. The molecule has 0 aliphatic heterocycles. The third kappa shape index (κ3) is 4.14. The van der Waals surface area contributed by atoms with E-state index in [1.54, 1.807) is 0 Å². The van der Waals surface area contributed by atoms with Crippen LogP contribution in [0, 0.1) is 11.8 Å². The van der Waals surface area contributed by atoms with Crippen LogP contribution in [0.5, 0.6) is 0 Å². The van der Waals surface area contributed by atoms with Crippen LogP contribution in [0.3, 0.4) is 0 Å². The van der Waals surface area contributed by atoms with Gasteiger partial charge in [0.2, 0.25) is 0 Å². The van der Waals surface area contributed by atoms with Gasteiger partial charge in [0.1, 0.15) is 0 Å². The number of hydrogen-bond donors (Lipinski definition) is 1. The van der Waals surface area contributed by atoms with Gasteiger partial charge < -0.3 is 5.73 Å². The van der Waals surface area contributed by atoms with Gasteiger partial charge in [0.25, 0.3) is 0 Å². The Morgan fingerprint density at radius 2 is 1.73 bits per heavy atom. The summed E-state index contributed by atoms with van der Waals surface area (Å²) in [6, 6.07) is -0.255. The molecule has 0 unspecified atom stereocenters. The maximum absolute atomic E-state index is 11.3. The number of Topliss-reactive ketones (excluding diaryl/α,β-unsaturated/α-hetero) is 1. The molecule has 0 saturated carbocycles. The van der Waals surface area contributed by atoms with E-state index in [9.17, 15) is 4.79 Å². The Morgan fingerprint density at radius 1 is 1.27 bits per heavy atom. The van der Waals surface area contributed by atoms with Crippen LogP contribution < -0.4 is 5.73 Å². The summed E-state index contributed by atoms with van der Waals surface area (Å²) in [4.78, 5) is 11.3. The topological polar surface area (TPSA) is 43.1 Å². The first-order valence-electron chi connectivity index (χ1n) is 4.24. The Bertz CT molecular complexity index is 130. The van der Waals surface area contributed by atoms with Gasteiger partial charge in [-0.1, -0.05) is 27.7 Å². The molecule has 1 atom stereocenters. The third-order valence-corrected chi connectivity index (χ3v) is 1.66. The molecular weight excluding hydrogens is 138 g/mol. The number of carbonyl (C=O) groups is 1. The molecule has 0 aromatic rings. The van der Waals surface area contributed by atoms with Crippen molar-refractivity contribution in [2.75, 3.05) is 0 Å². The molecule has 0 radical (unpaired) electrons. The van der Waals surface area contributed by atoms with E-state index in [1.807, 2.05) is 13.8 Å². The molecule has 11 heavy (non-hydrogen) atoms. The Labute approximate surface area is 69.2 Å². The Kier molecular flexibility index (Phi) is 4.34. The fourth-order valence-electron chi connectivity index (χ4n) is 1.05. The summed E-state index contributed by atoms with van der Waals surface area (Å²) in [6.45, 7) is 7.94. The van der Waals surface area contributed by atoms with Gasteiger partial charge in [0, 0.05) is 5.92 Å². The third-order valence-electron chi connectivity index (χ3n) is 1.66. The van der Waals surface area contributed by atoms with Gasteiger partial charge in [-0.25, -0.2) is 0 Å². The standard InChI is InChI=1S/C9H19NO/c1-6(2)5-8(10)9(11)7(3)4/h6-8H,5,10H2,1-4H3/t8-/m1/s1. The van der Waals surface area contributed by atoms with Crippen LogP contribution in [-0.2, 0) is 4.79 Å². The van der Waals surface area contributed by atoms with Crippen molar-refractivity contribution in [3.8, 4) is 0 Å². The summed E-state index contributed by atoms with van der Waals surface area (Å²) >= 11 is 0. The van der Waals surface area contributed by atoms with E-state index in [1.165, 1.54) is 0 Å². The van der Waals surface area contributed by atoms with E-state index in [0.29, 0.717) is 5.92 Å². The van der Waals surface area contributed by atoms with Gasteiger partial charge >= 0.3 is 0 Å². The monoisotopic (exact) mass is 157 g/mol. The molecule has 0 rings (SSSR count). The molecular formula is C9H19NO. The largest absolute Gasteiger partial charge is 0.321 e. The summed E-state index contributed by atoms with van der Waals surface area (Å²) in [5.41, 5.74) is 5.67. The minimum Gasteiger partial charge on any atom is -0.321 e. The second kappa shape index (κ2) is 4.50. The molecule has 0 amide bonds. The molecule has 66 valence electrons. The number of carbonyl (C=O) groups excluding carboxylic acids is 1. The first kappa shape index (κ1) is 10.6. The summed E-state index contributed by atoms with van der Waals surface area (Å²) in [5, 5.41) is 0. The van der Waals surface area contributed by atoms with Crippen LogP contribution in [0.2, 0.25) is 0 Å². The molecule has 0 saturated heterocycles. The van der Waals surface area contributed by atoms with Gasteiger partial charge in [0.15, 0.2) is 5.78 Å². The number of hydrogen-bond acceptors (Lipinski definition) is 2. The molecule has 0 aliphatic rings. The Balaban J connectivity index is 3.83. The number of ketones is 1. The fraction of sp³-hybridized carbons (Fsp3) is 0.889. The van der Waals surface area contributed by atoms with Crippen molar-refractivity contribution in [2.45, 2.75) is 40.2 Å². The average Bonchev–Trinajstić information content (AvgIpc) is 1.84. The maximum atomic E-state index is 11.3. The highest BCUT2D eigenvalue weighted by atomic mass is 16.1. The summed E-state index contributed by atoms with van der Waals surface area (Å²) in [6.07, 6.45) is 0.803. The molecule has 0 spiro atoms. The van der Waals surface area contributed by atoms with Crippen LogP contribution in [0.4, 0.5) is 0 Å². The summed E-state index contributed by atoms with van der Waals surface area (Å²) < 4.78 is 0. The van der Waals surface area contributed by atoms with Crippen molar-refractivity contribution in [3.63, 3.8) is 0 Å². The first-order chi connectivity index (χ1) is 4.95. The highest BCUT2D eigenvalue weighted by Crippen LogP contribution is 2.07. The predicted molar refractivity (Wildman–Crippen MR) is 47.3 cm³/mol. The highest BCUT2D eigenvalue weighted by Gasteiger charge is 2.17. The van der Waals surface area contributed by atoms with Crippen molar-refractivity contribution >= 4 is 5.78 Å². The molecule has 0 aromatic carbocycles. The van der Waals surface area contributed by atoms with Crippen molar-refractivity contribution in [2.24, 2.45) is 17.6 Å². The zero-order chi connectivity index (χ0) is 9.02. The minimum absolute atomic E-state index is 0.0729. The molecule has 0 bridgehead atoms. The predicted octanol–water partition coefficient (Wildman–Crippen LogP) is 1.58. The second-order valence-corrected chi connectivity index (χ2v) is 3.79. The van der Waals surface area contributed by atoms with Crippen LogP contribution in [0.15, 0.2) is 0 Å². The van der Waals surface area contributed by atoms with E-state index in [4.69, 9.17) is 5.73 Å². The molecule has 2 heteroatoms. The van der Waals surface area contributed by atoms with Crippen LogP contribution in [0.1, 0.15) is 34.1 Å². The summed E-state index contributed by atoms with van der Waals surface area (Å²) in [5.74, 6) is 0.759. The van der Waals surface area contributed by atoms with Crippen LogP contribution in [0.25, 0.3) is 0 Å². The lowest BCUT2D eigenvalue weighted by Gasteiger charge is -2.14. The Hall–Kier alpha value is -0.370. The van der Waals surface area contributed by atoms with E-state index < -0.39 is 0 Å². The zero-order valence-electron chi connectivity index (χ0n) is 7.92. The minimum atomic E-state index is -0.255. The van der Waals surface area contributed by atoms with Gasteiger partial charge in [-0.3, -0.25) is 4.79 Å². The number of nitrogens with two attached hydrogens (primary N) is 1. The van der Waals surface area contributed by atoms with Crippen molar-refractivity contribution < 1.29 is 4.79 Å². The first-order valence-corrected chi connectivity index (χ1v) is 4.24. The molecule has 2 N–H and O–H groups in total. The van der Waals surface area contributed by atoms with Gasteiger partial charge in [-0.2, -0.15) is 0 Å². The van der Waals surface area contributed by atoms with Gasteiger partial charge in [-0.15, -0.1) is 0 Å². The van der Waals surface area contributed by atoms with Gasteiger partial charge in [-0.05, 0) is 12.3 Å². The maximum Gasteiger partial charge on any atom is 0.152 e. The van der Waals surface area contributed by atoms with Crippen molar-refractivity contribution in [1.29, 1.82) is 0 Å². The van der Waals surface area contributed by atoms with E-state index >= 15 is 0 Å². The SMILES string of the molecule is CC(C)C[C@@H](N)C(=O)C(C)C. The molecule has 2 nitrogen and oxygen atoms in total. The molecule has 0 aromatic heterocycles. The Morgan fingerprint density at radius 3 is 2.00 bits per heavy atom. The lowest BCUT2D eigenvalue weighted by Crippen LogP contribution is -2.34. The second-order valence-electron chi connectivity index (χ2n) is 3.79. The summed E-state index contributed by atoms with van der Waals surface area (Å²) in [7, 11) is 0. The van der Waals surface area contributed by atoms with E-state index in [-0.39, 0.29) is 17.7 Å². The van der Waals surface area contributed by atoms with Crippen LogP contribution in [-0.4, -0.2) is 11.8 Å². The average molecular weight is 157 g/mol. The molecule has 0 aliphatic carbocycles. The lowest BCUT2D eigenvalue weighted by atomic mass is 9.95. The molecule has 0 fully saturated rings. The van der Waals surface area contributed by atoms with Gasteiger partial charge in [0.05, 0.1) is 6.04 Å². The van der Waals surface area contributed by atoms with Crippen LogP contribution >= 0.6 is 0 Å². The molecule has 0 heterocycles. The smallest absolute Gasteiger partial charge is 0.152 e. The van der Waals surface area contributed by atoms with Crippen molar-refractivity contribution in [1.82, 2.24) is 0 Å². The highest BCUT2D eigenvalue weighted by molar-refractivity contribution is 5.85. The van der Waals surface area contributed by atoms with Crippen molar-refractivity contribution in [3.05, 3.63) is 0 Å². The lowest BCUT2D eigenvalue weighted by molar-refractivity contribution is -0.123. The normalized spacial score (nSPS) is 14.1.